The fraction of sp³-hybridized carbons (Fsp3) is 0.263. The second-order valence-electron chi connectivity index (χ2n) is 5.65. The average molecular weight is 364 g/mol. The maximum atomic E-state index is 12.5. The zero-order valence-electron chi connectivity index (χ0n) is 14.2. The molecule has 0 spiro atoms. The minimum atomic E-state index is -4.45. The molecule has 0 fully saturated rings. The lowest BCUT2D eigenvalue weighted by atomic mass is 10.1. The van der Waals surface area contributed by atoms with Gasteiger partial charge in [0, 0.05) is 18.7 Å². The van der Waals surface area contributed by atoms with Crippen molar-refractivity contribution in [1.82, 2.24) is 10.2 Å². The number of benzene rings is 2. The van der Waals surface area contributed by atoms with Crippen LogP contribution in [-0.4, -0.2) is 29.8 Å². The number of nitrogens with zero attached hydrogens (tertiary/aromatic N) is 1. The summed E-state index contributed by atoms with van der Waals surface area (Å²) in [7, 11) is 0. The summed E-state index contributed by atoms with van der Waals surface area (Å²) in [4.78, 5) is 25.9. The van der Waals surface area contributed by atoms with Crippen LogP contribution in [0.1, 0.15) is 28.4 Å². The van der Waals surface area contributed by atoms with Gasteiger partial charge in [-0.3, -0.25) is 9.59 Å². The van der Waals surface area contributed by atoms with Gasteiger partial charge in [0.25, 0.3) is 5.91 Å². The van der Waals surface area contributed by atoms with Crippen LogP contribution < -0.4 is 5.32 Å². The van der Waals surface area contributed by atoms with Crippen LogP contribution in [0, 0.1) is 0 Å². The van der Waals surface area contributed by atoms with Crippen LogP contribution in [0.15, 0.2) is 54.6 Å². The molecule has 0 aliphatic heterocycles. The quantitative estimate of drug-likeness (QED) is 0.853. The van der Waals surface area contributed by atoms with Crippen LogP contribution in [-0.2, 0) is 17.5 Å². The highest BCUT2D eigenvalue weighted by atomic mass is 19.4. The molecular weight excluding hydrogens is 345 g/mol. The van der Waals surface area contributed by atoms with E-state index in [4.69, 9.17) is 0 Å². The van der Waals surface area contributed by atoms with Crippen LogP contribution >= 0.6 is 0 Å². The van der Waals surface area contributed by atoms with Gasteiger partial charge >= 0.3 is 6.18 Å². The topological polar surface area (TPSA) is 49.4 Å². The van der Waals surface area contributed by atoms with Gasteiger partial charge in [0.1, 0.15) is 0 Å². The van der Waals surface area contributed by atoms with Crippen molar-refractivity contribution in [3.8, 4) is 0 Å². The van der Waals surface area contributed by atoms with Crippen LogP contribution in [0.5, 0.6) is 0 Å². The summed E-state index contributed by atoms with van der Waals surface area (Å²) >= 11 is 0. The first-order valence-corrected chi connectivity index (χ1v) is 8.08. The van der Waals surface area contributed by atoms with Gasteiger partial charge in [-0.2, -0.15) is 13.2 Å². The third kappa shape index (κ3) is 5.34. The van der Waals surface area contributed by atoms with Crippen LogP contribution in [0.3, 0.4) is 0 Å². The van der Waals surface area contributed by atoms with Crippen molar-refractivity contribution in [1.29, 1.82) is 0 Å². The van der Waals surface area contributed by atoms with Gasteiger partial charge < -0.3 is 10.2 Å². The third-order valence-electron chi connectivity index (χ3n) is 3.83. The van der Waals surface area contributed by atoms with E-state index in [1.165, 1.54) is 0 Å². The van der Waals surface area contributed by atoms with Gasteiger partial charge in [0.2, 0.25) is 5.91 Å². The summed E-state index contributed by atoms with van der Waals surface area (Å²) in [6.07, 6.45) is -4.45. The first-order valence-electron chi connectivity index (χ1n) is 8.08. The Morgan fingerprint density at radius 2 is 1.62 bits per heavy atom. The summed E-state index contributed by atoms with van der Waals surface area (Å²) in [6.45, 7) is 2.51. The molecular formula is C19H19F3N2O2. The van der Waals surface area contributed by atoms with Crippen LogP contribution in [0.2, 0.25) is 0 Å². The molecule has 2 amide bonds. The fourth-order valence-corrected chi connectivity index (χ4v) is 2.36. The Labute approximate surface area is 149 Å². The summed E-state index contributed by atoms with van der Waals surface area (Å²) in [5, 5.41) is 2.45. The van der Waals surface area contributed by atoms with E-state index in [1.807, 2.05) is 37.3 Å². The predicted octanol–water partition coefficient (Wildman–Crippen LogP) is 3.48. The number of likely N-dealkylation sites (N-methyl/N-ethyl adjacent to an activating group) is 1. The molecule has 0 unspecified atom stereocenters. The molecule has 2 rings (SSSR count). The van der Waals surface area contributed by atoms with E-state index in [0.29, 0.717) is 13.1 Å². The van der Waals surface area contributed by atoms with Gasteiger partial charge in [-0.1, -0.05) is 30.3 Å². The molecule has 2 aromatic carbocycles. The molecule has 4 nitrogen and oxygen atoms in total. The normalized spacial score (nSPS) is 11.1. The van der Waals surface area contributed by atoms with Crippen LogP contribution in [0.4, 0.5) is 13.2 Å². The first kappa shape index (κ1) is 19.5. The Balaban J connectivity index is 1.92. The largest absolute Gasteiger partial charge is 0.416 e. The number of carbonyl (C=O) groups is 2. The Morgan fingerprint density at radius 3 is 2.15 bits per heavy atom. The second kappa shape index (κ2) is 8.51. The molecule has 7 heteroatoms. The molecule has 0 aliphatic rings. The SMILES string of the molecule is CCN(Cc1ccccc1)C(=O)CNC(=O)c1ccc(C(F)(F)F)cc1. The van der Waals surface area contributed by atoms with E-state index in [9.17, 15) is 22.8 Å². The lowest BCUT2D eigenvalue weighted by Gasteiger charge is -2.21. The molecule has 0 bridgehead atoms. The van der Waals surface area contributed by atoms with Crippen molar-refractivity contribution in [2.75, 3.05) is 13.1 Å². The Hall–Kier alpha value is -2.83. The number of halogens is 3. The van der Waals surface area contributed by atoms with Gasteiger partial charge in [0.15, 0.2) is 0 Å². The maximum absolute atomic E-state index is 12.5. The molecule has 0 atom stereocenters. The van der Waals surface area contributed by atoms with E-state index >= 15 is 0 Å². The van der Waals surface area contributed by atoms with E-state index in [0.717, 1.165) is 29.8 Å². The van der Waals surface area contributed by atoms with Crippen molar-refractivity contribution >= 4 is 11.8 Å². The summed E-state index contributed by atoms with van der Waals surface area (Å²) in [5.74, 6) is -0.862. The Bertz CT molecular complexity index is 744. The van der Waals surface area contributed by atoms with E-state index in [-0.39, 0.29) is 18.0 Å². The molecule has 0 aliphatic carbocycles. The number of hydrogen-bond acceptors (Lipinski definition) is 2. The lowest BCUT2D eigenvalue weighted by molar-refractivity contribution is -0.137. The van der Waals surface area contributed by atoms with Crippen molar-refractivity contribution in [2.45, 2.75) is 19.6 Å². The highest BCUT2D eigenvalue weighted by Gasteiger charge is 2.30. The number of rotatable bonds is 6. The standard InChI is InChI=1S/C19H19F3N2O2/c1-2-24(13-14-6-4-3-5-7-14)17(25)12-23-18(26)15-8-10-16(11-9-15)19(20,21)22/h3-11H,2,12-13H2,1H3,(H,23,26). The predicted molar refractivity (Wildman–Crippen MR) is 91.3 cm³/mol. The second-order valence-corrected chi connectivity index (χ2v) is 5.65. The van der Waals surface area contributed by atoms with Gasteiger partial charge in [-0.25, -0.2) is 0 Å². The summed E-state index contributed by atoms with van der Waals surface area (Å²) in [5.41, 5.74) is 0.207. The molecule has 1 N–H and O–H groups in total. The van der Waals surface area contributed by atoms with E-state index < -0.39 is 17.6 Å². The fourth-order valence-electron chi connectivity index (χ4n) is 2.36. The molecule has 0 heterocycles. The highest BCUT2D eigenvalue weighted by Crippen LogP contribution is 2.29. The molecule has 0 aromatic heterocycles. The van der Waals surface area contributed by atoms with Crippen molar-refractivity contribution in [3.05, 3.63) is 71.3 Å². The number of carbonyl (C=O) groups excluding carboxylic acids is 2. The molecule has 0 saturated carbocycles. The summed E-state index contributed by atoms with van der Waals surface area (Å²) in [6, 6.07) is 13.3. The lowest BCUT2D eigenvalue weighted by Crippen LogP contribution is -2.39. The average Bonchev–Trinajstić information content (AvgIpc) is 2.64. The van der Waals surface area contributed by atoms with Gasteiger partial charge in [-0.05, 0) is 36.8 Å². The molecule has 26 heavy (non-hydrogen) atoms. The zero-order chi connectivity index (χ0) is 19.2. The number of nitrogens with one attached hydrogen (secondary N) is 1. The van der Waals surface area contributed by atoms with Gasteiger partial charge in [0.05, 0.1) is 12.1 Å². The van der Waals surface area contributed by atoms with Gasteiger partial charge in [-0.15, -0.1) is 0 Å². The smallest absolute Gasteiger partial charge is 0.343 e. The maximum Gasteiger partial charge on any atom is 0.416 e. The highest BCUT2D eigenvalue weighted by molar-refractivity contribution is 5.96. The van der Waals surface area contributed by atoms with Crippen molar-refractivity contribution in [3.63, 3.8) is 0 Å². The minimum Gasteiger partial charge on any atom is -0.343 e. The Morgan fingerprint density at radius 1 is 1.00 bits per heavy atom. The number of hydrogen-bond donors (Lipinski definition) is 1. The number of alkyl halides is 3. The van der Waals surface area contributed by atoms with E-state index in [1.54, 1.807) is 4.90 Å². The minimum absolute atomic E-state index is 0.0666. The number of amides is 2. The van der Waals surface area contributed by atoms with Crippen molar-refractivity contribution < 1.29 is 22.8 Å². The molecule has 2 aromatic rings. The molecule has 0 saturated heterocycles. The molecule has 0 radical (unpaired) electrons. The first-order chi connectivity index (χ1) is 12.3. The monoisotopic (exact) mass is 364 g/mol. The van der Waals surface area contributed by atoms with Crippen LogP contribution in [0.25, 0.3) is 0 Å². The summed E-state index contributed by atoms with van der Waals surface area (Å²) < 4.78 is 37.6. The molecule has 138 valence electrons. The third-order valence-corrected chi connectivity index (χ3v) is 3.83. The van der Waals surface area contributed by atoms with E-state index in [2.05, 4.69) is 5.32 Å². The zero-order valence-corrected chi connectivity index (χ0v) is 14.2. The van der Waals surface area contributed by atoms with Crippen molar-refractivity contribution in [2.24, 2.45) is 0 Å². The Kier molecular flexibility index (Phi) is 6.38.